The Kier molecular flexibility index (Phi) is 4.71. The van der Waals surface area contributed by atoms with Crippen molar-refractivity contribution >= 4 is 17.4 Å². The largest absolute Gasteiger partial charge is 0.395 e. The van der Waals surface area contributed by atoms with Crippen molar-refractivity contribution in [1.82, 2.24) is 9.78 Å². The minimum atomic E-state index is 0.564. The van der Waals surface area contributed by atoms with Crippen LogP contribution in [0.3, 0.4) is 0 Å². The standard InChI is InChI=1S/C12H23N3S/c1-6-7-15-12(11(13)9(4)14-15)16-10(5)8(2)3/h8,10H,6-7,13H2,1-5H3. The molecule has 1 aromatic rings. The normalized spacial score (nSPS) is 13.4. The molecule has 1 aromatic heterocycles. The predicted molar refractivity (Wildman–Crippen MR) is 71.8 cm³/mol. The highest BCUT2D eigenvalue weighted by Crippen LogP contribution is 2.33. The van der Waals surface area contributed by atoms with Gasteiger partial charge in [0.15, 0.2) is 0 Å². The molecule has 0 aliphatic rings. The molecule has 92 valence electrons. The van der Waals surface area contributed by atoms with Crippen LogP contribution >= 0.6 is 11.8 Å². The van der Waals surface area contributed by atoms with Gasteiger partial charge in [-0.05, 0) is 19.3 Å². The second kappa shape index (κ2) is 5.62. The SMILES string of the molecule is CCCn1nc(C)c(N)c1SC(C)C(C)C. The number of aryl methyl sites for hydroxylation is 2. The van der Waals surface area contributed by atoms with Crippen LogP contribution in [0.15, 0.2) is 5.03 Å². The van der Waals surface area contributed by atoms with Crippen LogP contribution in [-0.2, 0) is 6.54 Å². The molecule has 3 nitrogen and oxygen atoms in total. The molecule has 0 saturated heterocycles. The van der Waals surface area contributed by atoms with Crippen molar-refractivity contribution < 1.29 is 0 Å². The Morgan fingerprint density at radius 2 is 2.00 bits per heavy atom. The van der Waals surface area contributed by atoms with Gasteiger partial charge in [-0.3, -0.25) is 4.68 Å². The van der Waals surface area contributed by atoms with Gasteiger partial charge in [0, 0.05) is 11.8 Å². The Balaban J connectivity index is 2.92. The van der Waals surface area contributed by atoms with Crippen LogP contribution < -0.4 is 5.73 Å². The number of nitrogens with two attached hydrogens (primary N) is 1. The number of nitrogens with zero attached hydrogens (tertiary/aromatic N) is 2. The van der Waals surface area contributed by atoms with E-state index in [0.717, 1.165) is 29.4 Å². The summed E-state index contributed by atoms with van der Waals surface area (Å²) < 4.78 is 2.05. The van der Waals surface area contributed by atoms with Gasteiger partial charge in [-0.25, -0.2) is 0 Å². The van der Waals surface area contributed by atoms with Gasteiger partial charge < -0.3 is 5.73 Å². The van der Waals surface area contributed by atoms with E-state index >= 15 is 0 Å². The maximum absolute atomic E-state index is 6.08. The maximum Gasteiger partial charge on any atom is 0.118 e. The number of hydrogen-bond donors (Lipinski definition) is 1. The van der Waals surface area contributed by atoms with E-state index in [0.29, 0.717) is 11.2 Å². The molecule has 0 saturated carbocycles. The number of anilines is 1. The monoisotopic (exact) mass is 241 g/mol. The van der Waals surface area contributed by atoms with Gasteiger partial charge in [0.1, 0.15) is 5.03 Å². The van der Waals surface area contributed by atoms with E-state index in [2.05, 4.69) is 32.8 Å². The lowest BCUT2D eigenvalue weighted by Crippen LogP contribution is -2.09. The van der Waals surface area contributed by atoms with Crippen LogP contribution in [0.1, 0.15) is 39.8 Å². The molecule has 0 aliphatic carbocycles. The molecule has 2 N–H and O–H groups in total. The third kappa shape index (κ3) is 2.94. The van der Waals surface area contributed by atoms with Crippen LogP contribution in [0.4, 0.5) is 5.69 Å². The van der Waals surface area contributed by atoms with E-state index in [1.807, 2.05) is 23.4 Å². The van der Waals surface area contributed by atoms with Crippen molar-refractivity contribution in [2.24, 2.45) is 5.92 Å². The molecule has 4 heteroatoms. The molecule has 16 heavy (non-hydrogen) atoms. The van der Waals surface area contributed by atoms with Crippen molar-refractivity contribution in [3.63, 3.8) is 0 Å². The average molecular weight is 241 g/mol. The van der Waals surface area contributed by atoms with E-state index in [1.54, 1.807) is 0 Å². The zero-order valence-electron chi connectivity index (χ0n) is 10.9. The van der Waals surface area contributed by atoms with Gasteiger partial charge in [-0.1, -0.05) is 27.7 Å². The van der Waals surface area contributed by atoms with Crippen LogP contribution in [0, 0.1) is 12.8 Å². The molecule has 0 aromatic carbocycles. The highest BCUT2D eigenvalue weighted by molar-refractivity contribution is 8.00. The van der Waals surface area contributed by atoms with Gasteiger partial charge in [0.2, 0.25) is 0 Å². The van der Waals surface area contributed by atoms with Crippen LogP contribution in [0.25, 0.3) is 0 Å². The lowest BCUT2D eigenvalue weighted by atomic mass is 10.2. The first-order valence-corrected chi connectivity index (χ1v) is 6.84. The predicted octanol–water partition coefficient (Wildman–Crippen LogP) is 3.32. The molecular formula is C12H23N3S. The Hall–Kier alpha value is -0.640. The summed E-state index contributed by atoms with van der Waals surface area (Å²) >= 11 is 1.84. The Morgan fingerprint density at radius 1 is 1.38 bits per heavy atom. The zero-order chi connectivity index (χ0) is 12.3. The first kappa shape index (κ1) is 13.4. The summed E-state index contributed by atoms with van der Waals surface area (Å²) in [5, 5.41) is 6.19. The van der Waals surface area contributed by atoms with E-state index < -0.39 is 0 Å². The molecule has 0 radical (unpaired) electrons. The summed E-state index contributed by atoms with van der Waals surface area (Å²) in [6, 6.07) is 0. The lowest BCUT2D eigenvalue weighted by Gasteiger charge is -2.16. The Morgan fingerprint density at radius 3 is 2.50 bits per heavy atom. The number of nitrogen functional groups attached to an aromatic ring is 1. The molecule has 0 fully saturated rings. The van der Waals surface area contributed by atoms with Crippen LogP contribution in [0.5, 0.6) is 0 Å². The topological polar surface area (TPSA) is 43.8 Å². The Bertz CT molecular complexity index is 344. The fraction of sp³-hybridized carbons (Fsp3) is 0.750. The molecule has 1 atom stereocenters. The maximum atomic E-state index is 6.08. The van der Waals surface area contributed by atoms with E-state index in [1.165, 1.54) is 0 Å². The van der Waals surface area contributed by atoms with E-state index in [4.69, 9.17) is 5.73 Å². The number of rotatable bonds is 5. The number of aromatic nitrogens is 2. The highest BCUT2D eigenvalue weighted by Gasteiger charge is 2.17. The fourth-order valence-electron chi connectivity index (χ4n) is 1.37. The van der Waals surface area contributed by atoms with E-state index in [-0.39, 0.29) is 0 Å². The third-order valence-electron chi connectivity index (χ3n) is 2.80. The summed E-state index contributed by atoms with van der Waals surface area (Å²) in [4.78, 5) is 0. The molecule has 0 aliphatic heterocycles. The summed E-state index contributed by atoms with van der Waals surface area (Å²) in [5.74, 6) is 0.648. The fourth-order valence-corrected chi connectivity index (χ4v) is 2.53. The molecule has 1 rings (SSSR count). The molecule has 1 heterocycles. The second-order valence-corrected chi connectivity index (χ2v) is 5.96. The quantitative estimate of drug-likeness (QED) is 0.804. The summed E-state index contributed by atoms with van der Waals surface area (Å²) in [6.45, 7) is 11.8. The molecular weight excluding hydrogens is 218 g/mol. The highest BCUT2D eigenvalue weighted by atomic mass is 32.2. The molecule has 1 unspecified atom stereocenters. The zero-order valence-corrected chi connectivity index (χ0v) is 11.8. The molecule has 0 spiro atoms. The van der Waals surface area contributed by atoms with Gasteiger partial charge in [-0.15, -0.1) is 11.8 Å². The average Bonchev–Trinajstić information content (AvgIpc) is 2.46. The molecule has 0 bridgehead atoms. The smallest absolute Gasteiger partial charge is 0.118 e. The van der Waals surface area contributed by atoms with Crippen LogP contribution in [0.2, 0.25) is 0 Å². The number of hydrogen-bond acceptors (Lipinski definition) is 3. The van der Waals surface area contributed by atoms with Crippen molar-refractivity contribution in [2.75, 3.05) is 5.73 Å². The number of thioether (sulfide) groups is 1. The van der Waals surface area contributed by atoms with Crippen molar-refractivity contribution in [1.29, 1.82) is 0 Å². The lowest BCUT2D eigenvalue weighted by molar-refractivity contribution is 0.553. The second-order valence-electron chi connectivity index (χ2n) is 4.59. The third-order valence-corrected chi connectivity index (χ3v) is 4.37. The summed E-state index contributed by atoms with van der Waals surface area (Å²) in [7, 11) is 0. The summed E-state index contributed by atoms with van der Waals surface area (Å²) in [6.07, 6.45) is 1.09. The minimum absolute atomic E-state index is 0.564. The van der Waals surface area contributed by atoms with Crippen molar-refractivity contribution in [2.45, 2.75) is 57.9 Å². The van der Waals surface area contributed by atoms with Crippen molar-refractivity contribution in [3.8, 4) is 0 Å². The first-order valence-electron chi connectivity index (χ1n) is 5.96. The van der Waals surface area contributed by atoms with Gasteiger partial charge in [0.25, 0.3) is 0 Å². The van der Waals surface area contributed by atoms with Gasteiger partial charge >= 0.3 is 0 Å². The van der Waals surface area contributed by atoms with Crippen molar-refractivity contribution in [3.05, 3.63) is 5.69 Å². The van der Waals surface area contributed by atoms with Crippen LogP contribution in [-0.4, -0.2) is 15.0 Å². The Labute approximate surface area is 103 Å². The summed E-state index contributed by atoms with van der Waals surface area (Å²) in [5.41, 5.74) is 7.88. The molecule has 0 amide bonds. The minimum Gasteiger partial charge on any atom is -0.395 e. The van der Waals surface area contributed by atoms with Gasteiger partial charge in [0.05, 0.1) is 11.4 Å². The van der Waals surface area contributed by atoms with Gasteiger partial charge in [-0.2, -0.15) is 5.10 Å². The first-order chi connectivity index (χ1) is 7.47. The van der Waals surface area contributed by atoms with E-state index in [9.17, 15) is 0 Å².